The number of halogens is 1. The second-order valence-electron chi connectivity index (χ2n) is 6.76. The van der Waals surface area contributed by atoms with Gasteiger partial charge in [0, 0.05) is 11.3 Å². The van der Waals surface area contributed by atoms with E-state index in [1.165, 1.54) is 11.0 Å². The van der Waals surface area contributed by atoms with Gasteiger partial charge in [-0.05, 0) is 68.7 Å². The van der Waals surface area contributed by atoms with E-state index < -0.39 is 0 Å². The Morgan fingerprint density at radius 2 is 1.77 bits per heavy atom. The normalized spacial score (nSPS) is 15.2. The van der Waals surface area contributed by atoms with Crippen LogP contribution in [0.1, 0.15) is 11.1 Å². The van der Waals surface area contributed by atoms with Crippen LogP contribution in [0.5, 0.6) is 5.75 Å². The number of amides is 2. The third-order valence-electron chi connectivity index (χ3n) is 4.71. The number of nitrogens with zero attached hydrogens (tertiary/aromatic N) is 1. The van der Waals surface area contributed by atoms with Gasteiger partial charge in [0.25, 0.3) is 11.1 Å². The number of nitrogen functional groups attached to an aromatic ring is 1. The summed E-state index contributed by atoms with van der Waals surface area (Å²) in [4.78, 5) is 26.7. The van der Waals surface area contributed by atoms with Gasteiger partial charge in [-0.25, -0.2) is 0 Å². The van der Waals surface area contributed by atoms with Crippen LogP contribution in [-0.2, 0) is 11.3 Å². The highest BCUT2D eigenvalue weighted by Crippen LogP contribution is 2.35. The molecule has 1 aliphatic heterocycles. The molecule has 1 fully saturated rings. The van der Waals surface area contributed by atoms with Crippen molar-refractivity contribution >= 4 is 50.6 Å². The van der Waals surface area contributed by atoms with Crippen LogP contribution in [0.4, 0.5) is 10.5 Å². The van der Waals surface area contributed by atoms with Crippen LogP contribution in [0.15, 0.2) is 76.1 Å². The monoisotopic (exact) mass is 480 g/mol. The van der Waals surface area contributed by atoms with Crippen molar-refractivity contribution in [3.63, 3.8) is 0 Å². The van der Waals surface area contributed by atoms with E-state index in [9.17, 15) is 14.7 Å². The molecule has 0 saturated carbocycles. The molecular weight excluding hydrogens is 464 g/mol. The van der Waals surface area contributed by atoms with Crippen LogP contribution in [0, 0.1) is 0 Å². The third kappa shape index (κ3) is 4.13. The fourth-order valence-corrected chi connectivity index (χ4v) is 4.37. The molecule has 1 heterocycles. The Balaban J connectivity index is 1.51. The SMILES string of the molecule is Nc1ccccc1-c1ccc(CN2C(=O)S/C(=C\c3ccc(O)c(Br)c3)C2=O)cc1. The Morgan fingerprint density at radius 1 is 1.03 bits per heavy atom. The highest BCUT2D eigenvalue weighted by Gasteiger charge is 2.35. The number of hydrogen-bond donors (Lipinski definition) is 2. The second-order valence-corrected chi connectivity index (χ2v) is 8.61. The molecule has 30 heavy (non-hydrogen) atoms. The lowest BCUT2D eigenvalue weighted by Gasteiger charge is -2.13. The van der Waals surface area contributed by atoms with Gasteiger partial charge in [-0.3, -0.25) is 14.5 Å². The lowest BCUT2D eigenvalue weighted by atomic mass is 10.0. The topological polar surface area (TPSA) is 83.6 Å². The minimum Gasteiger partial charge on any atom is -0.507 e. The van der Waals surface area contributed by atoms with Gasteiger partial charge in [-0.1, -0.05) is 48.5 Å². The lowest BCUT2D eigenvalue weighted by molar-refractivity contribution is -0.123. The predicted octanol–water partition coefficient (Wildman–Crippen LogP) is 5.64. The van der Waals surface area contributed by atoms with Crippen molar-refractivity contribution < 1.29 is 14.7 Å². The highest BCUT2D eigenvalue weighted by atomic mass is 79.9. The minimum atomic E-state index is -0.328. The van der Waals surface area contributed by atoms with Gasteiger partial charge < -0.3 is 10.8 Å². The van der Waals surface area contributed by atoms with Crippen molar-refractivity contribution in [1.82, 2.24) is 4.90 Å². The molecule has 0 spiro atoms. The Bertz CT molecular complexity index is 1180. The largest absolute Gasteiger partial charge is 0.507 e. The van der Waals surface area contributed by atoms with Crippen LogP contribution in [0.3, 0.4) is 0 Å². The van der Waals surface area contributed by atoms with Crippen molar-refractivity contribution in [3.8, 4) is 16.9 Å². The fourth-order valence-electron chi connectivity index (χ4n) is 3.13. The number of rotatable bonds is 4. The summed E-state index contributed by atoms with van der Waals surface area (Å²) in [6, 6.07) is 20.2. The van der Waals surface area contributed by atoms with Gasteiger partial charge in [0.1, 0.15) is 5.75 Å². The van der Waals surface area contributed by atoms with E-state index in [0.29, 0.717) is 15.1 Å². The number of nitrogens with two attached hydrogens (primary N) is 1. The van der Waals surface area contributed by atoms with Crippen molar-refractivity contribution in [1.29, 1.82) is 0 Å². The number of imide groups is 1. The number of phenols is 1. The van der Waals surface area contributed by atoms with Crippen LogP contribution < -0.4 is 5.73 Å². The maximum Gasteiger partial charge on any atom is 0.293 e. The third-order valence-corrected chi connectivity index (χ3v) is 6.25. The molecule has 0 aromatic heterocycles. The van der Waals surface area contributed by atoms with Crippen LogP contribution in [-0.4, -0.2) is 21.2 Å². The zero-order chi connectivity index (χ0) is 21.3. The van der Waals surface area contributed by atoms with Gasteiger partial charge in [0.05, 0.1) is 15.9 Å². The maximum atomic E-state index is 12.7. The summed E-state index contributed by atoms with van der Waals surface area (Å²) in [5, 5.41) is 9.30. The van der Waals surface area contributed by atoms with Crippen LogP contribution in [0.2, 0.25) is 0 Å². The molecule has 1 saturated heterocycles. The number of thioether (sulfide) groups is 1. The smallest absolute Gasteiger partial charge is 0.293 e. The summed E-state index contributed by atoms with van der Waals surface area (Å²) in [7, 11) is 0. The van der Waals surface area contributed by atoms with E-state index >= 15 is 0 Å². The molecule has 3 aromatic rings. The van der Waals surface area contributed by atoms with E-state index in [1.807, 2.05) is 48.5 Å². The summed E-state index contributed by atoms with van der Waals surface area (Å²) in [6.45, 7) is 0.200. The molecule has 0 aliphatic carbocycles. The van der Waals surface area contributed by atoms with Crippen LogP contribution >= 0.6 is 27.7 Å². The molecule has 5 nitrogen and oxygen atoms in total. The molecule has 0 atom stereocenters. The van der Waals surface area contributed by atoms with E-state index in [2.05, 4.69) is 15.9 Å². The number of anilines is 1. The summed E-state index contributed by atoms with van der Waals surface area (Å²) < 4.78 is 0.523. The minimum absolute atomic E-state index is 0.112. The molecule has 3 N–H and O–H groups in total. The molecule has 0 unspecified atom stereocenters. The van der Waals surface area contributed by atoms with Gasteiger partial charge in [-0.2, -0.15) is 0 Å². The number of aromatic hydroxyl groups is 1. The molecule has 150 valence electrons. The zero-order valence-corrected chi connectivity index (χ0v) is 18.1. The lowest BCUT2D eigenvalue weighted by Crippen LogP contribution is -2.27. The van der Waals surface area contributed by atoms with Crippen molar-refractivity contribution in [2.75, 3.05) is 5.73 Å². The van der Waals surface area contributed by atoms with E-state index in [-0.39, 0.29) is 23.4 Å². The first-order valence-corrected chi connectivity index (χ1v) is 10.7. The summed E-state index contributed by atoms with van der Waals surface area (Å²) in [5.74, 6) is -0.216. The van der Waals surface area contributed by atoms with E-state index in [1.54, 1.807) is 18.2 Å². The van der Waals surface area contributed by atoms with Crippen LogP contribution in [0.25, 0.3) is 17.2 Å². The summed E-state index contributed by atoms with van der Waals surface area (Å²) >= 11 is 4.16. The first-order valence-electron chi connectivity index (χ1n) is 9.10. The van der Waals surface area contributed by atoms with Gasteiger partial charge in [0.15, 0.2) is 0 Å². The molecule has 2 amide bonds. The standard InChI is InChI=1S/C23H17BrN2O3S/c24-18-11-15(7-10-20(18)27)12-21-22(28)26(23(29)30-21)13-14-5-8-16(9-6-14)17-3-1-2-4-19(17)25/h1-12,27H,13,25H2/b21-12-. The number of benzene rings is 3. The molecular formula is C23H17BrN2O3S. The van der Waals surface area contributed by atoms with Gasteiger partial charge >= 0.3 is 0 Å². The maximum absolute atomic E-state index is 12.7. The second kappa shape index (κ2) is 8.38. The number of carbonyl (C=O) groups excluding carboxylic acids is 2. The number of carbonyl (C=O) groups is 2. The average Bonchev–Trinajstić information content (AvgIpc) is 2.99. The van der Waals surface area contributed by atoms with E-state index in [0.717, 1.165) is 34.0 Å². The Hall–Kier alpha value is -3.03. The molecule has 1 aliphatic rings. The Labute approximate surface area is 186 Å². The summed E-state index contributed by atoms with van der Waals surface area (Å²) in [6.07, 6.45) is 1.65. The van der Waals surface area contributed by atoms with Gasteiger partial charge in [0.2, 0.25) is 0 Å². The first-order chi connectivity index (χ1) is 14.4. The highest BCUT2D eigenvalue weighted by molar-refractivity contribution is 9.10. The van der Waals surface area contributed by atoms with Gasteiger partial charge in [-0.15, -0.1) is 0 Å². The molecule has 0 radical (unpaired) electrons. The zero-order valence-electron chi connectivity index (χ0n) is 15.7. The van der Waals surface area contributed by atoms with Crippen molar-refractivity contribution in [2.45, 2.75) is 6.54 Å². The number of para-hydroxylation sites is 1. The quantitative estimate of drug-likeness (QED) is 0.372. The summed E-state index contributed by atoms with van der Waals surface area (Å²) in [5.41, 5.74) is 10.2. The number of hydrogen-bond acceptors (Lipinski definition) is 5. The Morgan fingerprint density at radius 3 is 2.47 bits per heavy atom. The Kier molecular flexibility index (Phi) is 5.65. The fraction of sp³-hybridized carbons (Fsp3) is 0.0435. The van der Waals surface area contributed by atoms with Crippen molar-refractivity contribution in [3.05, 3.63) is 87.2 Å². The molecule has 4 rings (SSSR count). The molecule has 7 heteroatoms. The molecule has 0 bridgehead atoms. The molecule has 3 aromatic carbocycles. The van der Waals surface area contributed by atoms with Crippen molar-refractivity contribution in [2.24, 2.45) is 0 Å². The first kappa shape index (κ1) is 20.3. The predicted molar refractivity (Wildman–Crippen MR) is 124 cm³/mol. The van der Waals surface area contributed by atoms with E-state index in [4.69, 9.17) is 5.73 Å². The number of phenolic OH excluding ortho intramolecular Hbond substituents is 1. The average molecular weight is 481 g/mol.